The molecule has 5 aromatic rings. The van der Waals surface area contributed by atoms with E-state index in [1.165, 1.54) is 24.3 Å². The van der Waals surface area contributed by atoms with Gasteiger partial charge >= 0.3 is 5.97 Å². The summed E-state index contributed by atoms with van der Waals surface area (Å²) in [5, 5.41) is 0. The largest absolute Gasteiger partial charge is 0.492 e. The Labute approximate surface area is 262 Å². The lowest BCUT2D eigenvalue weighted by Gasteiger charge is -2.51. The minimum Gasteiger partial charge on any atom is -0.492 e. The summed E-state index contributed by atoms with van der Waals surface area (Å²) in [5.74, 6) is -0.222. The lowest BCUT2D eigenvalue weighted by molar-refractivity contribution is 0.0730. The van der Waals surface area contributed by atoms with Gasteiger partial charge in [0.25, 0.3) is 0 Å². The molecule has 2 bridgehead atoms. The van der Waals surface area contributed by atoms with Crippen LogP contribution in [0.25, 0.3) is 0 Å². The zero-order valence-electron chi connectivity index (χ0n) is 25.7. The first-order valence-corrected chi connectivity index (χ1v) is 15.2. The molecule has 45 heavy (non-hydrogen) atoms. The molecule has 3 aliphatic rings. The van der Waals surface area contributed by atoms with E-state index in [-0.39, 0.29) is 23.9 Å². The molecule has 3 aliphatic carbocycles. The van der Waals surface area contributed by atoms with Crippen molar-refractivity contribution in [1.29, 1.82) is 0 Å². The third-order valence-electron chi connectivity index (χ3n) is 9.07. The fraction of sp³-hybridized carbons (Fsp3) is 0.200. The van der Waals surface area contributed by atoms with Gasteiger partial charge in [0, 0.05) is 22.5 Å². The lowest BCUT2D eigenvalue weighted by atomic mass is 9.52. The first kappa shape index (κ1) is 28.7. The van der Waals surface area contributed by atoms with Gasteiger partial charge in [-0.25, -0.2) is 9.18 Å². The Bertz CT molecular complexity index is 1920. The van der Waals surface area contributed by atoms with Gasteiger partial charge < -0.3 is 9.47 Å². The molecule has 0 saturated carbocycles. The van der Waals surface area contributed by atoms with Crippen LogP contribution in [0.3, 0.4) is 0 Å². The van der Waals surface area contributed by atoms with Gasteiger partial charge in [0.05, 0.1) is 11.0 Å². The average Bonchev–Trinajstić information content (AvgIpc) is 3.04. The van der Waals surface area contributed by atoms with Crippen LogP contribution in [0.15, 0.2) is 109 Å². The molecular weight excluding hydrogens is 563 g/mol. The number of ether oxygens (including phenoxy) is 2. The van der Waals surface area contributed by atoms with Crippen molar-refractivity contribution >= 4 is 11.8 Å². The quantitative estimate of drug-likeness (QED) is 0.112. The van der Waals surface area contributed by atoms with Gasteiger partial charge in [0.1, 0.15) is 23.9 Å². The fourth-order valence-corrected chi connectivity index (χ4v) is 6.99. The Kier molecular flexibility index (Phi) is 6.74. The number of hydrogen-bond donors (Lipinski definition) is 0. The van der Waals surface area contributed by atoms with Crippen molar-refractivity contribution in [3.63, 3.8) is 0 Å². The molecule has 0 spiro atoms. The molecule has 0 saturated heterocycles. The third-order valence-corrected chi connectivity index (χ3v) is 9.07. The number of hydrogen-bond acceptors (Lipinski definition) is 4. The van der Waals surface area contributed by atoms with Crippen LogP contribution in [0, 0.1) is 18.2 Å². The van der Waals surface area contributed by atoms with E-state index in [9.17, 15) is 14.0 Å². The standard InChI is InChI=1S/C40H33FO4/c1-24-13-19-27(20-14-24)44-23-40-31-11-7-5-9-28(31)34(29-10-6-8-12-32(29)40)35-30(37(42)39(2,3)4)21-22-33(36(35)40)45-38(43)25-15-17-26(41)18-16-25/h5-22,34H,23H2,1-4H3. The second kappa shape index (κ2) is 10.6. The van der Waals surface area contributed by atoms with Crippen LogP contribution in [0.2, 0.25) is 0 Å². The SMILES string of the molecule is Cc1ccc(OCC23c4ccccc4C(c4ccccc42)c2c(C(=O)C(C)(C)C)ccc(OC(=O)c4ccc(F)cc4)c23)cc1. The Balaban J connectivity index is 1.52. The van der Waals surface area contributed by atoms with Crippen LogP contribution in [0.4, 0.5) is 4.39 Å². The van der Waals surface area contributed by atoms with Crippen molar-refractivity contribution in [3.05, 3.63) is 165 Å². The molecule has 8 rings (SSSR count). The first-order valence-electron chi connectivity index (χ1n) is 15.2. The number of benzene rings is 5. The van der Waals surface area contributed by atoms with Gasteiger partial charge in [-0.05, 0) is 83.3 Å². The second-order valence-electron chi connectivity index (χ2n) is 13.0. The Hall–Kier alpha value is -5.03. The van der Waals surface area contributed by atoms with Crippen molar-refractivity contribution < 1.29 is 23.5 Å². The van der Waals surface area contributed by atoms with E-state index < -0.39 is 22.6 Å². The number of rotatable bonds is 6. The number of ketones is 1. The summed E-state index contributed by atoms with van der Waals surface area (Å²) < 4.78 is 26.6. The van der Waals surface area contributed by atoms with E-state index in [1.807, 2.05) is 76.2 Å². The zero-order valence-corrected chi connectivity index (χ0v) is 25.7. The summed E-state index contributed by atoms with van der Waals surface area (Å²) in [6, 6.07) is 33.3. The van der Waals surface area contributed by atoms with Gasteiger partial charge in [-0.15, -0.1) is 0 Å². The van der Waals surface area contributed by atoms with E-state index in [2.05, 4.69) is 24.3 Å². The van der Waals surface area contributed by atoms with Crippen LogP contribution < -0.4 is 9.47 Å². The predicted molar refractivity (Wildman–Crippen MR) is 172 cm³/mol. The second-order valence-corrected chi connectivity index (χ2v) is 13.0. The molecule has 0 aliphatic heterocycles. The van der Waals surface area contributed by atoms with Crippen molar-refractivity contribution in [3.8, 4) is 11.5 Å². The van der Waals surface area contributed by atoms with Crippen molar-refractivity contribution in [1.82, 2.24) is 0 Å². The topological polar surface area (TPSA) is 52.6 Å². The summed E-state index contributed by atoms with van der Waals surface area (Å²) in [6.45, 7) is 8.00. The highest BCUT2D eigenvalue weighted by atomic mass is 19.1. The monoisotopic (exact) mass is 596 g/mol. The highest BCUT2D eigenvalue weighted by Crippen LogP contribution is 2.62. The number of carbonyl (C=O) groups excluding carboxylic acids is 2. The smallest absolute Gasteiger partial charge is 0.343 e. The maximum absolute atomic E-state index is 14.2. The van der Waals surface area contributed by atoms with Gasteiger partial charge in [-0.2, -0.15) is 0 Å². The highest BCUT2D eigenvalue weighted by molar-refractivity contribution is 6.03. The molecule has 0 amide bonds. The molecule has 224 valence electrons. The number of aryl methyl sites for hydroxylation is 1. The highest BCUT2D eigenvalue weighted by Gasteiger charge is 2.55. The van der Waals surface area contributed by atoms with Crippen LogP contribution in [-0.2, 0) is 5.41 Å². The molecule has 0 atom stereocenters. The third kappa shape index (κ3) is 4.57. The van der Waals surface area contributed by atoms with Crippen molar-refractivity contribution in [2.24, 2.45) is 5.41 Å². The maximum Gasteiger partial charge on any atom is 0.343 e. The minimum absolute atomic E-state index is 0.00674. The fourth-order valence-electron chi connectivity index (χ4n) is 6.99. The van der Waals surface area contributed by atoms with E-state index in [4.69, 9.17) is 9.47 Å². The molecule has 0 radical (unpaired) electrons. The predicted octanol–water partition coefficient (Wildman–Crippen LogP) is 8.80. The maximum atomic E-state index is 14.2. The van der Waals surface area contributed by atoms with Gasteiger partial charge in [-0.1, -0.05) is 87.0 Å². The Morgan fingerprint density at radius 1 is 0.778 bits per heavy atom. The summed E-state index contributed by atoms with van der Waals surface area (Å²) in [5.41, 5.74) is 6.28. The van der Waals surface area contributed by atoms with Crippen LogP contribution >= 0.6 is 0 Å². The first-order chi connectivity index (χ1) is 21.6. The number of Topliss-reactive ketones (excluding diaryl/α,β-unsaturated/α-hetero) is 1. The molecular formula is C40H33FO4. The number of carbonyl (C=O) groups is 2. The molecule has 0 unspecified atom stereocenters. The van der Waals surface area contributed by atoms with Crippen LogP contribution in [0.5, 0.6) is 11.5 Å². The Morgan fingerprint density at radius 2 is 1.38 bits per heavy atom. The molecule has 5 heteroatoms. The van der Waals surface area contributed by atoms with E-state index in [0.717, 1.165) is 38.9 Å². The van der Waals surface area contributed by atoms with Crippen LogP contribution in [-0.4, -0.2) is 18.4 Å². The summed E-state index contributed by atoms with van der Waals surface area (Å²) in [4.78, 5) is 27.7. The summed E-state index contributed by atoms with van der Waals surface area (Å²) in [7, 11) is 0. The van der Waals surface area contributed by atoms with E-state index in [1.54, 1.807) is 12.1 Å². The summed E-state index contributed by atoms with van der Waals surface area (Å²) >= 11 is 0. The minimum atomic E-state index is -0.908. The number of halogens is 1. The average molecular weight is 597 g/mol. The van der Waals surface area contributed by atoms with E-state index >= 15 is 0 Å². The lowest BCUT2D eigenvalue weighted by Crippen LogP contribution is -2.47. The van der Waals surface area contributed by atoms with Crippen molar-refractivity contribution in [2.75, 3.05) is 6.61 Å². The number of esters is 1. The normalized spacial score (nSPS) is 17.6. The molecule has 4 nitrogen and oxygen atoms in total. The summed E-state index contributed by atoms with van der Waals surface area (Å²) in [6.07, 6.45) is 0. The van der Waals surface area contributed by atoms with Gasteiger partial charge in [0.2, 0.25) is 0 Å². The molecule has 0 fully saturated rings. The van der Waals surface area contributed by atoms with Crippen LogP contribution in [0.1, 0.15) is 86.3 Å². The molecule has 0 aromatic heterocycles. The zero-order chi connectivity index (χ0) is 31.5. The Morgan fingerprint density at radius 3 is 1.98 bits per heavy atom. The van der Waals surface area contributed by atoms with E-state index in [0.29, 0.717) is 17.1 Å². The van der Waals surface area contributed by atoms with Gasteiger partial charge in [-0.3, -0.25) is 4.79 Å². The van der Waals surface area contributed by atoms with Gasteiger partial charge in [0.15, 0.2) is 5.78 Å². The molecule has 5 aromatic carbocycles. The molecule has 0 N–H and O–H groups in total. The van der Waals surface area contributed by atoms with Crippen molar-refractivity contribution in [2.45, 2.75) is 39.0 Å². The molecule has 0 heterocycles.